The first-order chi connectivity index (χ1) is 7.91. The normalized spacial score (nSPS) is 12.0. The molecular weight excluding hydrogens is 223 g/mol. The summed E-state index contributed by atoms with van der Waals surface area (Å²) >= 11 is 0. The highest BCUT2D eigenvalue weighted by atomic mass is 19.1. The third-order valence-corrected chi connectivity index (χ3v) is 2.37. The summed E-state index contributed by atoms with van der Waals surface area (Å²) < 4.78 is 13.1. The quantitative estimate of drug-likeness (QED) is 0.498. The van der Waals surface area contributed by atoms with Crippen LogP contribution in [-0.4, -0.2) is 4.92 Å². The fourth-order valence-corrected chi connectivity index (χ4v) is 1.48. The van der Waals surface area contributed by atoms with Gasteiger partial charge in [0.2, 0.25) is 0 Å². The molecule has 0 bridgehead atoms. The molecule has 0 aliphatic carbocycles. The van der Waals surface area contributed by atoms with Crippen molar-refractivity contribution in [3.63, 3.8) is 0 Å². The van der Waals surface area contributed by atoms with Crippen LogP contribution < -0.4 is 5.73 Å². The lowest BCUT2D eigenvalue weighted by Gasteiger charge is -2.10. The van der Waals surface area contributed by atoms with Gasteiger partial charge in [-0.2, -0.15) is 0 Å². The van der Waals surface area contributed by atoms with Crippen LogP contribution in [0.1, 0.15) is 31.9 Å². The van der Waals surface area contributed by atoms with Crippen molar-refractivity contribution < 1.29 is 9.31 Å². The minimum atomic E-state index is -0.569. The lowest BCUT2D eigenvalue weighted by molar-refractivity contribution is -0.385. The number of nitrogens with zero attached hydrogens (tertiary/aromatic N) is 1. The number of benzene rings is 1. The van der Waals surface area contributed by atoms with Crippen molar-refractivity contribution >= 4 is 5.69 Å². The topological polar surface area (TPSA) is 69.2 Å². The largest absolute Gasteiger partial charge is 0.323 e. The van der Waals surface area contributed by atoms with E-state index in [1.54, 1.807) is 0 Å². The van der Waals surface area contributed by atoms with Crippen molar-refractivity contribution in [3.05, 3.63) is 51.3 Å². The fourth-order valence-electron chi connectivity index (χ4n) is 1.48. The van der Waals surface area contributed by atoms with Gasteiger partial charge >= 0.3 is 0 Å². The Hall–Kier alpha value is -1.75. The lowest BCUT2D eigenvalue weighted by atomic mass is 10.0. The van der Waals surface area contributed by atoms with Gasteiger partial charge in [-0.05, 0) is 32.4 Å². The highest BCUT2D eigenvalue weighted by Gasteiger charge is 2.19. The SMILES string of the molecule is CC(C)=CC[C@H](N)c1cc(F)ccc1[N+](=O)[O-]. The average Bonchev–Trinajstić information content (AvgIpc) is 2.25. The fraction of sp³-hybridized carbons (Fsp3) is 0.333. The molecule has 1 aromatic carbocycles. The minimum Gasteiger partial charge on any atom is -0.323 e. The molecule has 0 fully saturated rings. The van der Waals surface area contributed by atoms with Crippen LogP contribution in [0, 0.1) is 15.9 Å². The predicted molar refractivity (Wildman–Crippen MR) is 64.0 cm³/mol. The van der Waals surface area contributed by atoms with Gasteiger partial charge < -0.3 is 5.73 Å². The van der Waals surface area contributed by atoms with E-state index in [-0.39, 0.29) is 11.3 Å². The maximum Gasteiger partial charge on any atom is 0.274 e. The Morgan fingerprint density at radius 2 is 2.24 bits per heavy atom. The van der Waals surface area contributed by atoms with E-state index in [4.69, 9.17) is 5.73 Å². The van der Waals surface area contributed by atoms with Crippen LogP contribution in [0.3, 0.4) is 0 Å². The second-order valence-electron chi connectivity index (χ2n) is 4.08. The Balaban J connectivity index is 3.06. The van der Waals surface area contributed by atoms with E-state index in [0.717, 1.165) is 23.8 Å². The smallest absolute Gasteiger partial charge is 0.274 e. The summed E-state index contributed by atoms with van der Waals surface area (Å²) in [5.74, 6) is -0.516. The van der Waals surface area contributed by atoms with E-state index in [1.165, 1.54) is 0 Å². The molecule has 0 radical (unpaired) electrons. The minimum absolute atomic E-state index is 0.138. The number of hydrogen-bond donors (Lipinski definition) is 1. The summed E-state index contributed by atoms with van der Waals surface area (Å²) in [6, 6.07) is 2.77. The number of nitrogens with two attached hydrogens (primary N) is 1. The van der Waals surface area contributed by atoms with Crippen LogP contribution in [0.5, 0.6) is 0 Å². The monoisotopic (exact) mass is 238 g/mol. The van der Waals surface area contributed by atoms with E-state index in [2.05, 4.69) is 0 Å². The first-order valence-corrected chi connectivity index (χ1v) is 5.24. The maximum absolute atomic E-state index is 13.1. The van der Waals surface area contributed by atoms with E-state index in [1.807, 2.05) is 19.9 Å². The van der Waals surface area contributed by atoms with Gasteiger partial charge in [0.05, 0.1) is 4.92 Å². The molecule has 1 rings (SSSR count). The van der Waals surface area contributed by atoms with Crippen LogP contribution in [-0.2, 0) is 0 Å². The predicted octanol–water partition coefficient (Wildman–Crippen LogP) is 3.09. The Morgan fingerprint density at radius 3 is 2.76 bits per heavy atom. The number of allylic oxidation sites excluding steroid dienone is 1. The molecule has 0 aromatic heterocycles. The third kappa shape index (κ3) is 3.64. The zero-order valence-corrected chi connectivity index (χ0v) is 9.81. The van der Waals surface area contributed by atoms with Gasteiger partial charge in [-0.1, -0.05) is 11.6 Å². The van der Waals surface area contributed by atoms with Crippen molar-refractivity contribution in [1.29, 1.82) is 0 Å². The van der Waals surface area contributed by atoms with Crippen LogP contribution in [0.15, 0.2) is 29.8 Å². The van der Waals surface area contributed by atoms with Gasteiger partial charge in [0, 0.05) is 17.7 Å². The second-order valence-corrected chi connectivity index (χ2v) is 4.08. The molecular formula is C12H15FN2O2. The average molecular weight is 238 g/mol. The summed E-state index contributed by atoms with van der Waals surface area (Å²) in [5.41, 5.74) is 7.00. The Morgan fingerprint density at radius 1 is 1.59 bits per heavy atom. The molecule has 92 valence electrons. The zero-order chi connectivity index (χ0) is 13.0. The molecule has 1 atom stereocenters. The van der Waals surface area contributed by atoms with Crippen LogP contribution in [0.2, 0.25) is 0 Å². The summed E-state index contributed by atoms with van der Waals surface area (Å²) in [6.45, 7) is 3.82. The van der Waals surface area contributed by atoms with Crippen molar-refractivity contribution in [2.45, 2.75) is 26.3 Å². The van der Waals surface area contributed by atoms with Gasteiger partial charge in [-0.3, -0.25) is 10.1 Å². The summed E-state index contributed by atoms with van der Waals surface area (Å²) in [4.78, 5) is 10.2. The highest BCUT2D eigenvalue weighted by Crippen LogP contribution is 2.26. The van der Waals surface area contributed by atoms with E-state index < -0.39 is 16.8 Å². The summed E-state index contributed by atoms with van der Waals surface area (Å²) in [5, 5.41) is 10.8. The molecule has 1 aromatic rings. The first-order valence-electron chi connectivity index (χ1n) is 5.24. The third-order valence-electron chi connectivity index (χ3n) is 2.37. The van der Waals surface area contributed by atoms with E-state index in [9.17, 15) is 14.5 Å². The first kappa shape index (κ1) is 13.3. The van der Waals surface area contributed by atoms with Gasteiger partial charge in [-0.15, -0.1) is 0 Å². The number of halogens is 1. The molecule has 0 unspecified atom stereocenters. The Labute approximate surface area is 99.1 Å². The van der Waals surface area contributed by atoms with Gasteiger partial charge in [-0.25, -0.2) is 4.39 Å². The number of hydrogen-bond acceptors (Lipinski definition) is 3. The molecule has 0 saturated carbocycles. The summed E-state index contributed by atoms with van der Waals surface area (Å²) in [6.07, 6.45) is 2.33. The molecule has 4 nitrogen and oxygen atoms in total. The second kappa shape index (κ2) is 5.54. The van der Waals surface area contributed by atoms with E-state index in [0.29, 0.717) is 6.42 Å². The highest BCUT2D eigenvalue weighted by molar-refractivity contribution is 5.42. The van der Waals surface area contributed by atoms with Crippen LogP contribution >= 0.6 is 0 Å². The zero-order valence-electron chi connectivity index (χ0n) is 9.81. The standard InChI is InChI=1S/C12H15FN2O2/c1-8(2)3-5-11(14)10-7-9(13)4-6-12(10)15(16)17/h3-4,6-7,11H,5,14H2,1-2H3/t11-/m0/s1. The van der Waals surface area contributed by atoms with Gasteiger partial charge in [0.25, 0.3) is 5.69 Å². The van der Waals surface area contributed by atoms with Crippen molar-refractivity contribution in [1.82, 2.24) is 0 Å². The van der Waals surface area contributed by atoms with Crippen LogP contribution in [0.25, 0.3) is 0 Å². The number of rotatable bonds is 4. The molecule has 0 aliphatic heterocycles. The van der Waals surface area contributed by atoms with Gasteiger partial charge in [0.1, 0.15) is 5.82 Å². The molecule has 2 N–H and O–H groups in total. The van der Waals surface area contributed by atoms with Gasteiger partial charge in [0.15, 0.2) is 0 Å². The Kier molecular flexibility index (Phi) is 4.34. The molecule has 0 heterocycles. The van der Waals surface area contributed by atoms with Crippen molar-refractivity contribution in [2.24, 2.45) is 5.73 Å². The number of nitro benzene ring substituents is 1. The molecule has 0 spiro atoms. The molecule has 5 heteroatoms. The maximum atomic E-state index is 13.1. The van der Waals surface area contributed by atoms with Crippen molar-refractivity contribution in [2.75, 3.05) is 0 Å². The van der Waals surface area contributed by atoms with E-state index >= 15 is 0 Å². The molecule has 0 aliphatic rings. The lowest BCUT2D eigenvalue weighted by Crippen LogP contribution is -2.12. The number of nitro groups is 1. The van der Waals surface area contributed by atoms with Crippen molar-refractivity contribution in [3.8, 4) is 0 Å². The molecule has 0 saturated heterocycles. The molecule has 17 heavy (non-hydrogen) atoms. The van der Waals surface area contributed by atoms with Crippen LogP contribution in [0.4, 0.5) is 10.1 Å². The summed E-state index contributed by atoms with van der Waals surface area (Å²) in [7, 11) is 0. The molecule has 0 amide bonds. The Bertz CT molecular complexity index is 454.